The van der Waals surface area contributed by atoms with Gasteiger partial charge in [0.1, 0.15) is 6.17 Å². The average molecular weight is 533 g/mol. The van der Waals surface area contributed by atoms with Crippen LogP contribution >= 0.6 is 0 Å². The number of benzene rings is 4. The van der Waals surface area contributed by atoms with Crippen LogP contribution in [0.3, 0.4) is 0 Å². The maximum Gasteiger partial charge on any atom is 0.179 e. The van der Waals surface area contributed by atoms with E-state index < -0.39 is 0 Å². The Kier molecular flexibility index (Phi) is 6.05. The van der Waals surface area contributed by atoms with Crippen LogP contribution in [-0.2, 0) is 5.41 Å². The molecule has 0 aliphatic carbocycles. The van der Waals surface area contributed by atoms with Crippen molar-refractivity contribution in [3.63, 3.8) is 0 Å². The predicted octanol–water partition coefficient (Wildman–Crippen LogP) is 9.22. The highest BCUT2D eigenvalue weighted by Gasteiger charge is 2.53. The summed E-state index contributed by atoms with van der Waals surface area (Å²) in [6, 6.07) is 40.1. The van der Waals surface area contributed by atoms with Crippen molar-refractivity contribution in [2.45, 2.75) is 31.8 Å². The fourth-order valence-corrected chi connectivity index (χ4v) is 6.68. The Morgan fingerprint density at radius 2 is 1.22 bits per heavy atom. The summed E-state index contributed by atoms with van der Waals surface area (Å²) in [6.07, 6.45) is 5.18. The molecule has 0 spiro atoms. The second kappa shape index (κ2) is 9.90. The van der Waals surface area contributed by atoms with Crippen LogP contribution < -0.4 is 9.80 Å². The van der Waals surface area contributed by atoms with Gasteiger partial charge in [-0.1, -0.05) is 116 Å². The van der Waals surface area contributed by atoms with Gasteiger partial charge in [0.2, 0.25) is 0 Å². The third kappa shape index (κ3) is 3.67. The maximum absolute atomic E-state index is 5.50. The van der Waals surface area contributed by atoms with E-state index in [4.69, 9.17) is 9.97 Å². The van der Waals surface area contributed by atoms with Crippen LogP contribution in [0.4, 0.5) is 23.0 Å². The normalized spacial score (nSPS) is 20.0. The highest BCUT2D eigenvalue weighted by Crippen LogP contribution is 2.58. The van der Waals surface area contributed by atoms with Gasteiger partial charge in [-0.15, -0.1) is 6.58 Å². The van der Waals surface area contributed by atoms with E-state index in [1.807, 2.05) is 12.1 Å². The van der Waals surface area contributed by atoms with Gasteiger partial charge in [-0.3, -0.25) is 9.80 Å². The first-order chi connectivity index (χ1) is 20.2. The van der Waals surface area contributed by atoms with Crippen molar-refractivity contribution in [1.29, 1.82) is 0 Å². The average Bonchev–Trinajstić information content (AvgIpc) is 3.38. The topological polar surface area (TPSA) is 32.3 Å². The summed E-state index contributed by atoms with van der Waals surface area (Å²) in [7, 11) is 0. The minimum atomic E-state index is -0.313. The number of allylic oxidation sites excluding steroid dienone is 2. The number of para-hydroxylation sites is 2. The zero-order valence-corrected chi connectivity index (χ0v) is 23.4. The largest absolute Gasteiger partial charge is 0.298 e. The molecule has 7 rings (SSSR count). The minimum Gasteiger partial charge on any atom is -0.298 e. The second-order valence-electron chi connectivity index (χ2n) is 10.5. The molecule has 0 bridgehead atoms. The first-order valence-electron chi connectivity index (χ1n) is 14.3. The lowest BCUT2D eigenvalue weighted by atomic mass is 9.67. The molecular weight excluding hydrogens is 500 g/mol. The summed E-state index contributed by atoms with van der Waals surface area (Å²) in [5.41, 5.74) is 8.27. The number of anilines is 4. The molecule has 200 valence electrons. The van der Waals surface area contributed by atoms with E-state index in [2.05, 4.69) is 146 Å². The van der Waals surface area contributed by atoms with Crippen molar-refractivity contribution >= 4 is 23.0 Å². The Bertz CT molecular complexity index is 1760. The number of hydrogen-bond acceptors (Lipinski definition) is 4. The summed E-state index contributed by atoms with van der Waals surface area (Å²) < 4.78 is 0. The van der Waals surface area contributed by atoms with Crippen molar-refractivity contribution in [2.75, 3.05) is 9.80 Å². The molecule has 2 aliphatic rings. The molecular formula is C37H32N4. The smallest absolute Gasteiger partial charge is 0.179 e. The van der Waals surface area contributed by atoms with Crippen LogP contribution in [0.2, 0.25) is 0 Å². The number of rotatable bonds is 5. The van der Waals surface area contributed by atoms with Crippen molar-refractivity contribution in [1.82, 2.24) is 9.97 Å². The molecule has 2 atom stereocenters. The van der Waals surface area contributed by atoms with Crippen molar-refractivity contribution in [3.8, 4) is 22.5 Å². The van der Waals surface area contributed by atoms with Gasteiger partial charge in [0.15, 0.2) is 11.6 Å². The molecule has 2 aliphatic heterocycles. The monoisotopic (exact) mass is 532 g/mol. The fourth-order valence-electron chi connectivity index (χ4n) is 6.68. The molecule has 2 unspecified atom stereocenters. The Balaban J connectivity index is 1.59. The summed E-state index contributed by atoms with van der Waals surface area (Å²) in [5.74, 6) is 1.71. The van der Waals surface area contributed by atoms with Crippen LogP contribution in [0.1, 0.15) is 25.8 Å². The van der Waals surface area contributed by atoms with E-state index in [0.29, 0.717) is 0 Å². The van der Waals surface area contributed by atoms with Crippen LogP contribution in [0, 0.1) is 0 Å². The van der Waals surface area contributed by atoms with Crippen LogP contribution in [0.25, 0.3) is 22.5 Å². The van der Waals surface area contributed by atoms with Gasteiger partial charge in [-0.2, -0.15) is 0 Å². The van der Waals surface area contributed by atoms with Crippen molar-refractivity contribution < 1.29 is 0 Å². The third-order valence-electron chi connectivity index (χ3n) is 8.59. The standard InChI is InChI=1S/C37H32N4/c1-4-29-36-40(28-22-14-9-15-23-28)34-35(41(36)31-25-17-16-24-30(31)37(29,5-2)6-3)39-33(27-20-12-8-13-21-27)32(38-34)26-18-10-7-11-19-26/h4-5,7-25,36H,2,6H2,1,3H3. The van der Waals surface area contributed by atoms with E-state index in [1.165, 1.54) is 11.1 Å². The molecule has 4 nitrogen and oxygen atoms in total. The van der Waals surface area contributed by atoms with E-state index in [1.54, 1.807) is 0 Å². The molecule has 0 amide bonds. The van der Waals surface area contributed by atoms with Crippen LogP contribution in [0.5, 0.6) is 0 Å². The van der Waals surface area contributed by atoms with Gasteiger partial charge in [0.05, 0.1) is 11.4 Å². The summed E-state index contributed by atoms with van der Waals surface area (Å²) >= 11 is 0. The van der Waals surface area contributed by atoms with Crippen molar-refractivity contribution in [3.05, 3.63) is 145 Å². The summed E-state index contributed by atoms with van der Waals surface area (Å²) in [5, 5.41) is 0. The first-order valence-corrected chi connectivity index (χ1v) is 14.3. The van der Waals surface area contributed by atoms with E-state index >= 15 is 0 Å². The predicted molar refractivity (Wildman–Crippen MR) is 170 cm³/mol. The van der Waals surface area contributed by atoms with Gasteiger partial charge in [0.25, 0.3) is 0 Å². The molecule has 41 heavy (non-hydrogen) atoms. The quantitative estimate of drug-likeness (QED) is 0.211. The fraction of sp³-hybridized carbons (Fsp3) is 0.135. The van der Waals surface area contributed by atoms with Gasteiger partial charge in [0, 0.05) is 27.9 Å². The maximum atomic E-state index is 5.50. The van der Waals surface area contributed by atoms with Crippen LogP contribution in [-0.4, -0.2) is 16.1 Å². The van der Waals surface area contributed by atoms with Gasteiger partial charge >= 0.3 is 0 Å². The molecule has 0 radical (unpaired) electrons. The first kappa shape index (κ1) is 25.0. The van der Waals surface area contributed by atoms with Gasteiger partial charge in [-0.25, -0.2) is 9.97 Å². The second-order valence-corrected chi connectivity index (χ2v) is 10.5. The molecule has 1 aromatic heterocycles. The molecule has 0 saturated heterocycles. The number of nitrogens with zero attached hydrogens (tertiary/aromatic N) is 4. The number of hydrogen-bond donors (Lipinski definition) is 0. The third-order valence-corrected chi connectivity index (χ3v) is 8.59. The number of fused-ring (bicyclic) bond motifs is 5. The van der Waals surface area contributed by atoms with Crippen molar-refractivity contribution in [2.24, 2.45) is 0 Å². The Labute approximate surface area is 242 Å². The molecule has 0 fully saturated rings. The lowest BCUT2D eigenvalue weighted by Gasteiger charge is -2.48. The molecule has 4 aromatic carbocycles. The summed E-state index contributed by atoms with van der Waals surface area (Å²) in [4.78, 5) is 15.7. The minimum absolute atomic E-state index is 0.139. The number of aromatic nitrogens is 2. The lowest BCUT2D eigenvalue weighted by Crippen LogP contribution is -2.50. The van der Waals surface area contributed by atoms with Gasteiger partial charge < -0.3 is 0 Å². The van der Waals surface area contributed by atoms with Crippen LogP contribution in [0.15, 0.2) is 140 Å². The Morgan fingerprint density at radius 3 is 1.76 bits per heavy atom. The lowest BCUT2D eigenvalue weighted by molar-refractivity contribution is 0.526. The molecule has 5 aromatic rings. The van der Waals surface area contributed by atoms with E-state index in [-0.39, 0.29) is 11.6 Å². The van der Waals surface area contributed by atoms with E-state index in [9.17, 15) is 0 Å². The summed E-state index contributed by atoms with van der Waals surface area (Å²) in [6.45, 7) is 8.78. The Morgan fingerprint density at radius 1 is 0.707 bits per heavy atom. The SMILES string of the molecule is C=CC1(CC)C(=CC)C2N(c3ccccc3)c3nc(-c4ccccc4)c(-c4ccccc4)nc3N2c2ccccc21. The molecule has 3 heterocycles. The Hall–Kier alpha value is -4.96. The highest BCUT2D eigenvalue weighted by molar-refractivity contribution is 5.92. The van der Waals surface area contributed by atoms with E-state index in [0.717, 1.165) is 51.9 Å². The zero-order chi connectivity index (χ0) is 28.0. The molecule has 0 N–H and O–H groups in total. The molecule has 0 saturated carbocycles. The van der Waals surface area contributed by atoms with Gasteiger partial charge in [-0.05, 0) is 42.7 Å². The highest BCUT2D eigenvalue weighted by atomic mass is 15.5. The zero-order valence-electron chi connectivity index (χ0n) is 23.4. The molecule has 4 heteroatoms.